The monoisotopic (exact) mass is 299 g/mol. The number of ether oxygens (including phenoxy) is 1. The predicted molar refractivity (Wildman–Crippen MR) is 86.7 cm³/mol. The Morgan fingerprint density at radius 1 is 1.09 bits per heavy atom. The summed E-state index contributed by atoms with van der Waals surface area (Å²) in [7, 11) is 1.51. The number of amides is 1. The standard InChI is InChI=1S/C18H21NO3/c1-18(21,13-22-2)12-19-17(20)16-10-8-15(9-11-16)14-6-4-3-5-7-14/h3-11,21H,12-13H2,1-2H3,(H,19,20)/t18-/m0/s1. The van der Waals surface area contributed by atoms with E-state index in [2.05, 4.69) is 5.32 Å². The molecule has 1 amide bonds. The van der Waals surface area contributed by atoms with Gasteiger partial charge in [-0.25, -0.2) is 0 Å². The molecule has 0 aliphatic carbocycles. The molecule has 2 aromatic rings. The number of carbonyl (C=O) groups is 1. The van der Waals surface area contributed by atoms with E-state index in [4.69, 9.17) is 4.74 Å². The van der Waals surface area contributed by atoms with Crippen LogP contribution >= 0.6 is 0 Å². The molecule has 2 rings (SSSR count). The first-order valence-electron chi connectivity index (χ1n) is 7.17. The lowest BCUT2D eigenvalue weighted by molar-refractivity contribution is -0.0147. The van der Waals surface area contributed by atoms with Crippen LogP contribution in [-0.2, 0) is 4.74 Å². The van der Waals surface area contributed by atoms with Gasteiger partial charge in [0, 0.05) is 19.2 Å². The number of benzene rings is 2. The molecule has 0 fully saturated rings. The molecule has 2 N–H and O–H groups in total. The summed E-state index contributed by atoms with van der Waals surface area (Å²) < 4.78 is 4.91. The molecule has 4 heteroatoms. The van der Waals surface area contributed by atoms with Gasteiger partial charge in [-0.05, 0) is 30.2 Å². The van der Waals surface area contributed by atoms with E-state index in [9.17, 15) is 9.90 Å². The second kappa shape index (κ2) is 7.20. The van der Waals surface area contributed by atoms with E-state index in [-0.39, 0.29) is 19.1 Å². The van der Waals surface area contributed by atoms with Gasteiger partial charge in [-0.3, -0.25) is 4.79 Å². The smallest absolute Gasteiger partial charge is 0.251 e. The highest BCUT2D eigenvalue weighted by atomic mass is 16.5. The van der Waals surface area contributed by atoms with Gasteiger partial charge in [-0.2, -0.15) is 0 Å². The third-order valence-corrected chi connectivity index (χ3v) is 3.34. The van der Waals surface area contributed by atoms with E-state index in [1.54, 1.807) is 19.1 Å². The van der Waals surface area contributed by atoms with Crippen molar-refractivity contribution in [2.45, 2.75) is 12.5 Å². The Labute approximate surface area is 130 Å². The topological polar surface area (TPSA) is 58.6 Å². The van der Waals surface area contributed by atoms with Gasteiger partial charge in [-0.15, -0.1) is 0 Å². The first-order valence-corrected chi connectivity index (χ1v) is 7.17. The number of carbonyl (C=O) groups excluding carboxylic acids is 1. The van der Waals surface area contributed by atoms with E-state index < -0.39 is 5.60 Å². The molecule has 0 radical (unpaired) electrons. The summed E-state index contributed by atoms with van der Waals surface area (Å²) in [6.07, 6.45) is 0. The van der Waals surface area contributed by atoms with Crippen LogP contribution in [0.15, 0.2) is 54.6 Å². The molecule has 0 spiro atoms. The average Bonchev–Trinajstić information content (AvgIpc) is 2.54. The van der Waals surface area contributed by atoms with E-state index in [1.807, 2.05) is 42.5 Å². The molecule has 0 aliphatic heterocycles. The molecule has 0 unspecified atom stereocenters. The minimum absolute atomic E-state index is 0.139. The summed E-state index contributed by atoms with van der Waals surface area (Å²) in [5.41, 5.74) is 1.66. The zero-order valence-electron chi connectivity index (χ0n) is 12.9. The quantitative estimate of drug-likeness (QED) is 0.861. The fraction of sp³-hybridized carbons (Fsp3) is 0.278. The second-order valence-electron chi connectivity index (χ2n) is 5.56. The number of rotatable bonds is 6. The number of nitrogens with one attached hydrogen (secondary N) is 1. The minimum Gasteiger partial charge on any atom is -0.386 e. The van der Waals surface area contributed by atoms with Gasteiger partial charge in [-0.1, -0.05) is 42.5 Å². The molecule has 0 aliphatic rings. The number of hydrogen-bond donors (Lipinski definition) is 2. The van der Waals surface area contributed by atoms with E-state index >= 15 is 0 Å². The Hall–Kier alpha value is -2.17. The molecular weight excluding hydrogens is 278 g/mol. The maximum atomic E-state index is 12.1. The van der Waals surface area contributed by atoms with Crippen molar-refractivity contribution in [1.29, 1.82) is 0 Å². The summed E-state index contributed by atoms with van der Waals surface area (Å²) in [4.78, 5) is 12.1. The molecule has 2 aromatic carbocycles. The molecule has 1 atom stereocenters. The van der Waals surface area contributed by atoms with Gasteiger partial charge >= 0.3 is 0 Å². The number of methoxy groups -OCH3 is 1. The lowest BCUT2D eigenvalue weighted by Crippen LogP contribution is -2.43. The molecule has 0 saturated carbocycles. The highest BCUT2D eigenvalue weighted by molar-refractivity contribution is 5.94. The highest BCUT2D eigenvalue weighted by Gasteiger charge is 2.21. The molecule has 22 heavy (non-hydrogen) atoms. The number of aliphatic hydroxyl groups is 1. The summed E-state index contributed by atoms with van der Waals surface area (Å²) in [6.45, 7) is 1.93. The lowest BCUT2D eigenvalue weighted by Gasteiger charge is -2.22. The van der Waals surface area contributed by atoms with Gasteiger partial charge in [0.2, 0.25) is 0 Å². The largest absolute Gasteiger partial charge is 0.386 e. The van der Waals surface area contributed by atoms with Crippen LogP contribution in [0.4, 0.5) is 0 Å². The highest BCUT2D eigenvalue weighted by Crippen LogP contribution is 2.19. The normalized spacial score (nSPS) is 13.4. The molecule has 0 saturated heterocycles. The van der Waals surface area contributed by atoms with Crippen molar-refractivity contribution in [3.8, 4) is 11.1 Å². The van der Waals surface area contributed by atoms with Crippen LogP contribution < -0.4 is 5.32 Å². The van der Waals surface area contributed by atoms with Gasteiger partial charge in [0.15, 0.2) is 0 Å². The summed E-state index contributed by atoms with van der Waals surface area (Å²) in [5.74, 6) is -0.212. The molecular formula is C18H21NO3. The Balaban J connectivity index is 2.00. The van der Waals surface area contributed by atoms with Crippen molar-refractivity contribution in [2.75, 3.05) is 20.3 Å². The molecule has 116 valence electrons. The second-order valence-corrected chi connectivity index (χ2v) is 5.56. The van der Waals surface area contributed by atoms with Crippen molar-refractivity contribution in [3.63, 3.8) is 0 Å². The fourth-order valence-electron chi connectivity index (χ4n) is 2.18. The number of hydrogen-bond acceptors (Lipinski definition) is 3. The van der Waals surface area contributed by atoms with Crippen molar-refractivity contribution in [2.24, 2.45) is 0 Å². The van der Waals surface area contributed by atoms with Crippen molar-refractivity contribution in [3.05, 3.63) is 60.2 Å². The minimum atomic E-state index is -1.08. The van der Waals surface area contributed by atoms with E-state index in [0.717, 1.165) is 11.1 Å². The van der Waals surface area contributed by atoms with E-state index in [0.29, 0.717) is 5.56 Å². The maximum Gasteiger partial charge on any atom is 0.251 e. The average molecular weight is 299 g/mol. The summed E-state index contributed by atoms with van der Waals surface area (Å²) in [6, 6.07) is 17.4. The Kier molecular flexibility index (Phi) is 5.31. The molecule has 4 nitrogen and oxygen atoms in total. The first kappa shape index (κ1) is 16.2. The third kappa shape index (κ3) is 4.41. The first-order chi connectivity index (χ1) is 10.5. The molecule has 0 heterocycles. The van der Waals surface area contributed by atoms with Crippen LogP contribution in [0, 0.1) is 0 Å². The van der Waals surface area contributed by atoms with Crippen molar-refractivity contribution in [1.82, 2.24) is 5.32 Å². The van der Waals surface area contributed by atoms with Gasteiger partial charge in [0.05, 0.1) is 6.61 Å². The van der Waals surface area contributed by atoms with Crippen molar-refractivity contribution < 1.29 is 14.6 Å². The predicted octanol–water partition coefficient (Wildman–Crippen LogP) is 2.48. The zero-order valence-corrected chi connectivity index (χ0v) is 12.9. The lowest BCUT2D eigenvalue weighted by atomic mass is 10.0. The molecule has 0 aromatic heterocycles. The van der Waals surface area contributed by atoms with Crippen molar-refractivity contribution >= 4 is 5.91 Å². The van der Waals surface area contributed by atoms with Crippen LogP contribution in [0.5, 0.6) is 0 Å². The van der Waals surface area contributed by atoms with Crippen LogP contribution in [0.2, 0.25) is 0 Å². The summed E-state index contributed by atoms with van der Waals surface area (Å²) in [5, 5.41) is 12.7. The fourth-order valence-corrected chi connectivity index (χ4v) is 2.18. The Morgan fingerprint density at radius 2 is 1.68 bits per heavy atom. The third-order valence-electron chi connectivity index (χ3n) is 3.34. The SMILES string of the molecule is COC[C@@](C)(O)CNC(=O)c1ccc(-c2ccccc2)cc1. The Morgan fingerprint density at radius 3 is 2.27 bits per heavy atom. The maximum absolute atomic E-state index is 12.1. The Bertz CT molecular complexity index is 606. The zero-order chi connectivity index (χ0) is 16.0. The molecule has 0 bridgehead atoms. The van der Waals surface area contributed by atoms with E-state index in [1.165, 1.54) is 7.11 Å². The van der Waals surface area contributed by atoms with Crippen LogP contribution in [0.1, 0.15) is 17.3 Å². The van der Waals surface area contributed by atoms with Gasteiger partial charge in [0.25, 0.3) is 5.91 Å². The van der Waals surface area contributed by atoms with Gasteiger partial charge < -0.3 is 15.2 Å². The van der Waals surface area contributed by atoms with Crippen LogP contribution in [0.3, 0.4) is 0 Å². The van der Waals surface area contributed by atoms with Gasteiger partial charge in [0.1, 0.15) is 5.60 Å². The van der Waals surface area contributed by atoms with Crippen LogP contribution in [0.25, 0.3) is 11.1 Å². The summed E-state index contributed by atoms with van der Waals surface area (Å²) >= 11 is 0. The van der Waals surface area contributed by atoms with Crippen LogP contribution in [-0.4, -0.2) is 36.9 Å².